The molecule has 1 aromatic rings. The fraction of sp³-hybridized carbons (Fsp3) is 0.562. The zero-order valence-corrected chi connectivity index (χ0v) is 12.8. The van der Waals surface area contributed by atoms with Crippen LogP contribution in [0.1, 0.15) is 38.7 Å². The van der Waals surface area contributed by atoms with E-state index in [4.69, 9.17) is 11.6 Å². The molecule has 2 rings (SSSR count). The zero-order chi connectivity index (χ0) is 14.8. The summed E-state index contributed by atoms with van der Waals surface area (Å²) >= 11 is 6.22. The summed E-state index contributed by atoms with van der Waals surface area (Å²) in [6, 6.07) is 7.70. The molecule has 1 fully saturated rings. The van der Waals surface area contributed by atoms with Gasteiger partial charge in [-0.05, 0) is 30.9 Å². The molecule has 0 spiro atoms. The molecule has 0 bridgehead atoms. The van der Waals surface area contributed by atoms with Gasteiger partial charge in [-0.3, -0.25) is 4.79 Å². The maximum Gasteiger partial charge on any atom is 0.225 e. The van der Waals surface area contributed by atoms with Crippen molar-refractivity contribution >= 4 is 17.5 Å². The van der Waals surface area contributed by atoms with Crippen molar-refractivity contribution in [2.24, 2.45) is 5.92 Å². The van der Waals surface area contributed by atoms with Gasteiger partial charge in [-0.25, -0.2) is 0 Å². The Bertz CT molecular complexity index is 487. The Morgan fingerprint density at radius 2 is 2.10 bits per heavy atom. The van der Waals surface area contributed by atoms with Crippen molar-refractivity contribution in [1.29, 1.82) is 0 Å². The number of hydrogen-bond acceptors (Lipinski definition) is 2. The fourth-order valence-electron chi connectivity index (χ4n) is 2.79. The molecule has 0 heterocycles. The number of nitrogens with one attached hydrogen (secondary N) is 1. The van der Waals surface area contributed by atoms with E-state index >= 15 is 0 Å². The van der Waals surface area contributed by atoms with Crippen molar-refractivity contribution < 1.29 is 9.90 Å². The van der Waals surface area contributed by atoms with E-state index in [1.165, 1.54) is 0 Å². The molecule has 4 heteroatoms. The number of aliphatic hydroxyl groups excluding tert-OH is 1. The smallest absolute Gasteiger partial charge is 0.225 e. The molecule has 0 radical (unpaired) electrons. The molecular weight excluding hydrogens is 274 g/mol. The number of carbonyl (C=O) groups is 1. The van der Waals surface area contributed by atoms with Crippen molar-refractivity contribution in [3.63, 3.8) is 0 Å². The highest BCUT2D eigenvalue weighted by atomic mass is 35.5. The minimum Gasteiger partial charge on any atom is -0.392 e. The molecule has 0 saturated heterocycles. The van der Waals surface area contributed by atoms with E-state index in [0.717, 1.165) is 24.8 Å². The van der Waals surface area contributed by atoms with E-state index in [1.54, 1.807) is 0 Å². The lowest BCUT2D eigenvalue weighted by molar-refractivity contribution is -0.127. The number of carbonyl (C=O) groups excluding carboxylic acids is 1. The van der Waals surface area contributed by atoms with Crippen molar-refractivity contribution in [3.8, 4) is 0 Å². The van der Waals surface area contributed by atoms with Crippen molar-refractivity contribution in [2.45, 2.75) is 44.6 Å². The molecule has 0 aliphatic heterocycles. The van der Waals surface area contributed by atoms with E-state index in [2.05, 4.69) is 19.2 Å². The minimum atomic E-state index is -0.488. The van der Waals surface area contributed by atoms with Crippen molar-refractivity contribution in [3.05, 3.63) is 34.9 Å². The summed E-state index contributed by atoms with van der Waals surface area (Å²) in [6.45, 7) is 4.62. The lowest BCUT2D eigenvalue weighted by atomic mass is 9.84. The van der Waals surface area contributed by atoms with Gasteiger partial charge in [0, 0.05) is 17.0 Å². The van der Waals surface area contributed by atoms with E-state index in [9.17, 15) is 9.90 Å². The van der Waals surface area contributed by atoms with Gasteiger partial charge in [0.25, 0.3) is 0 Å². The monoisotopic (exact) mass is 295 g/mol. The molecule has 110 valence electrons. The number of rotatable bonds is 4. The first-order chi connectivity index (χ1) is 9.42. The van der Waals surface area contributed by atoms with Gasteiger partial charge in [-0.1, -0.05) is 43.6 Å². The van der Waals surface area contributed by atoms with Crippen LogP contribution in [0.5, 0.6) is 0 Å². The molecule has 1 aliphatic rings. The summed E-state index contributed by atoms with van der Waals surface area (Å²) < 4.78 is 0. The Kier molecular flexibility index (Phi) is 4.71. The third-order valence-corrected chi connectivity index (χ3v) is 4.45. The zero-order valence-electron chi connectivity index (χ0n) is 12.0. The molecule has 1 aromatic carbocycles. The highest BCUT2D eigenvalue weighted by molar-refractivity contribution is 6.31. The van der Waals surface area contributed by atoms with E-state index < -0.39 is 6.10 Å². The summed E-state index contributed by atoms with van der Waals surface area (Å²) in [5, 5.41) is 13.4. The maximum absolute atomic E-state index is 12.1. The first kappa shape index (κ1) is 15.3. The number of amides is 1. The first-order valence-electron chi connectivity index (χ1n) is 7.12. The Morgan fingerprint density at radius 1 is 1.40 bits per heavy atom. The predicted molar refractivity (Wildman–Crippen MR) is 80.8 cm³/mol. The number of halogens is 1. The van der Waals surface area contributed by atoms with Crippen LogP contribution in [-0.4, -0.2) is 23.7 Å². The molecule has 2 atom stereocenters. The second kappa shape index (κ2) is 6.15. The van der Waals surface area contributed by atoms with Gasteiger partial charge in [0.2, 0.25) is 5.91 Å². The van der Waals surface area contributed by atoms with Crippen LogP contribution < -0.4 is 5.32 Å². The molecule has 2 unspecified atom stereocenters. The third kappa shape index (κ3) is 3.33. The highest BCUT2D eigenvalue weighted by Gasteiger charge is 2.32. The van der Waals surface area contributed by atoms with Gasteiger partial charge in [0.15, 0.2) is 0 Å². The van der Waals surface area contributed by atoms with E-state index in [0.29, 0.717) is 11.6 Å². The largest absolute Gasteiger partial charge is 0.392 e. The molecule has 1 amide bonds. The van der Waals surface area contributed by atoms with Crippen LogP contribution in [0.3, 0.4) is 0 Å². The average Bonchev–Trinajstić information content (AvgIpc) is 2.83. The standard InChI is InChI=1S/C16H22ClNO2/c1-16(2,12-7-3-4-8-13(12)17)10-18-15(20)11-6-5-9-14(11)19/h3-4,7-8,11,14,19H,5-6,9-10H2,1-2H3,(H,18,20). The second-order valence-electron chi connectivity index (χ2n) is 6.19. The molecule has 3 nitrogen and oxygen atoms in total. The highest BCUT2D eigenvalue weighted by Crippen LogP contribution is 2.30. The van der Waals surface area contributed by atoms with Crippen LogP contribution in [0.2, 0.25) is 5.02 Å². The SMILES string of the molecule is CC(C)(CNC(=O)C1CCCC1O)c1ccccc1Cl. The van der Waals surface area contributed by atoms with Gasteiger partial charge in [-0.2, -0.15) is 0 Å². The third-order valence-electron chi connectivity index (χ3n) is 4.12. The maximum atomic E-state index is 12.1. The number of hydrogen-bond donors (Lipinski definition) is 2. The normalized spacial score (nSPS) is 22.8. The predicted octanol–water partition coefficient (Wildman–Crippen LogP) is 2.89. The Morgan fingerprint density at radius 3 is 2.70 bits per heavy atom. The summed E-state index contributed by atoms with van der Waals surface area (Å²) in [5.74, 6) is -0.299. The van der Waals surface area contributed by atoms with Crippen LogP contribution in [0.15, 0.2) is 24.3 Å². The Labute approximate surface area is 125 Å². The summed E-state index contributed by atoms with van der Waals surface area (Å²) in [6.07, 6.45) is 1.94. The quantitative estimate of drug-likeness (QED) is 0.897. The van der Waals surface area contributed by atoms with Gasteiger partial charge in [0.05, 0.1) is 12.0 Å². The van der Waals surface area contributed by atoms with Crippen molar-refractivity contribution in [1.82, 2.24) is 5.32 Å². The van der Waals surface area contributed by atoms with Gasteiger partial charge in [0.1, 0.15) is 0 Å². The molecular formula is C16H22ClNO2. The minimum absolute atomic E-state index is 0.0462. The first-order valence-corrected chi connectivity index (χ1v) is 7.50. The van der Waals surface area contributed by atoms with Gasteiger partial charge >= 0.3 is 0 Å². The summed E-state index contributed by atoms with van der Waals surface area (Å²) in [7, 11) is 0. The molecule has 1 saturated carbocycles. The molecule has 20 heavy (non-hydrogen) atoms. The van der Waals surface area contributed by atoms with Crippen LogP contribution in [0.4, 0.5) is 0 Å². The number of benzene rings is 1. The lowest BCUT2D eigenvalue weighted by Gasteiger charge is -2.27. The van der Waals surface area contributed by atoms with Crippen LogP contribution in [-0.2, 0) is 10.2 Å². The fourth-order valence-corrected chi connectivity index (χ4v) is 3.18. The Balaban J connectivity index is 1.99. The number of aliphatic hydroxyl groups is 1. The van der Waals surface area contributed by atoms with Crippen molar-refractivity contribution in [2.75, 3.05) is 6.54 Å². The summed E-state index contributed by atoms with van der Waals surface area (Å²) in [4.78, 5) is 12.1. The van der Waals surface area contributed by atoms with E-state index in [1.807, 2.05) is 24.3 Å². The lowest BCUT2D eigenvalue weighted by Crippen LogP contribution is -2.41. The molecule has 2 N–H and O–H groups in total. The van der Waals surface area contributed by atoms with Crippen LogP contribution in [0, 0.1) is 5.92 Å². The topological polar surface area (TPSA) is 49.3 Å². The second-order valence-corrected chi connectivity index (χ2v) is 6.59. The van der Waals surface area contributed by atoms with Crippen LogP contribution >= 0.6 is 11.6 Å². The van der Waals surface area contributed by atoms with E-state index in [-0.39, 0.29) is 17.2 Å². The molecule has 1 aliphatic carbocycles. The van der Waals surface area contributed by atoms with Crippen LogP contribution in [0.25, 0.3) is 0 Å². The summed E-state index contributed by atoms with van der Waals surface area (Å²) in [5.41, 5.74) is 0.784. The Hall–Kier alpha value is -1.06. The van der Waals surface area contributed by atoms with Gasteiger partial charge < -0.3 is 10.4 Å². The molecule has 0 aromatic heterocycles. The van der Waals surface area contributed by atoms with Gasteiger partial charge in [-0.15, -0.1) is 0 Å². The average molecular weight is 296 g/mol.